The Kier molecular flexibility index (Phi) is 6.03. The van der Waals surface area contributed by atoms with Crippen LogP contribution in [0.4, 0.5) is 0 Å². The average molecular weight is 216 g/mol. The zero-order chi connectivity index (χ0) is 10.2. The van der Waals surface area contributed by atoms with Gasteiger partial charge in [0, 0.05) is 12.4 Å². The van der Waals surface area contributed by atoms with Crippen LogP contribution in [0.2, 0.25) is 0 Å². The third-order valence-electron chi connectivity index (χ3n) is 2.38. The summed E-state index contributed by atoms with van der Waals surface area (Å²) in [6.45, 7) is 1.35. The van der Waals surface area contributed by atoms with Gasteiger partial charge in [0.05, 0.1) is 18.9 Å². The molecule has 0 aromatic carbocycles. The highest BCUT2D eigenvalue weighted by Gasteiger charge is 2.15. The molecule has 0 bridgehead atoms. The van der Waals surface area contributed by atoms with Gasteiger partial charge >= 0.3 is 0 Å². The molecule has 0 aromatic heterocycles. The number of thioether (sulfide) groups is 1. The van der Waals surface area contributed by atoms with Gasteiger partial charge in [-0.15, -0.1) is 0 Å². The Balaban J connectivity index is 2.06. The molecular weight excluding hydrogens is 196 g/mol. The van der Waals surface area contributed by atoms with Crippen molar-refractivity contribution in [2.45, 2.75) is 30.9 Å². The van der Waals surface area contributed by atoms with E-state index in [1.807, 2.05) is 11.8 Å². The number of amidine groups is 1. The molecule has 0 spiro atoms. The van der Waals surface area contributed by atoms with E-state index in [0.717, 1.165) is 16.8 Å². The van der Waals surface area contributed by atoms with Crippen LogP contribution in [0.15, 0.2) is 4.99 Å². The Bertz CT molecular complexity index is 179. The summed E-state index contributed by atoms with van der Waals surface area (Å²) in [5.41, 5.74) is 5.77. The minimum Gasteiger partial charge on any atom is -0.387 e. The van der Waals surface area contributed by atoms with E-state index in [1.165, 1.54) is 25.7 Å². The van der Waals surface area contributed by atoms with Crippen molar-refractivity contribution in [2.75, 3.05) is 26.0 Å². The lowest BCUT2D eigenvalue weighted by Crippen LogP contribution is -2.17. The number of ether oxygens (including phenoxy) is 1. The van der Waals surface area contributed by atoms with Crippen molar-refractivity contribution in [3.8, 4) is 0 Å². The Morgan fingerprint density at radius 1 is 1.50 bits per heavy atom. The van der Waals surface area contributed by atoms with Crippen LogP contribution in [-0.4, -0.2) is 37.1 Å². The fraction of sp³-hybridized carbons (Fsp3) is 0.900. The van der Waals surface area contributed by atoms with Crippen molar-refractivity contribution in [3.63, 3.8) is 0 Å². The zero-order valence-corrected chi connectivity index (χ0v) is 9.68. The predicted octanol–water partition coefficient (Wildman–Crippen LogP) is 1.67. The van der Waals surface area contributed by atoms with Gasteiger partial charge in [0.1, 0.15) is 5.84 Å². The summed E-state index contributed by atoms with van der Waals surface area (Å²) in [7, 11) is 1.68. The van der Waals surface area contributed by atoms with Crippen LogP contribution in [0, 0.1) is 0 Å². The van der Waals surface area contributed by atoms with Crippen LogP contribution in [0.5, 0.6) is 0 Å². The van der Waals surface area contributed by atoms with Crippen molar-refractivity contribution >= 4 is 17.6 Å². The second-order valence-electron chi connectivity index (χ2n) is 3.58. The lowest BCUT2D eigenvalue weighted by molar-refractivity contribution is 0.208. The molecule has 0 unspecified atom stereocenters. The smallest absolute Gasteiger partial charge is 0.104 e. The largest absolute Gasteiger partial charge is 0.387 e. The summed E-state index contributed by atoms with van der Waals surface area (Å²) in [6, 6.07) is 0. The first kappa shape index (κ1) is 11.9. The first-order valence-electron chi connectivity index (χ1n) is 5.22. The van der Waals surface area contributed by atoms with Crippen LogP contribution < -0.4 is 5.73 Å². The number of rotatable bonds is 6. The highest BCUT2D eigenvalue weighted by molar-refractivity contribution is 8.00. The standard InChI is InChI=1S/C10H20N2OS/c1-13-7-6-12-10(11)8-14-9-4-2-3-5-9/h9H,2-8H2,1H3,(H2,11,12). The van der Waals surface area contributed by atoms with Crippen LogP contribution in [-0.2, 0) is 4.74 Å². The third-order valence-corrected chi connectivity index (χ3v) is 3.78. The number of nitrogens with zero attached hydrogens (tertiary/aromatic N) is 1. The van der Waals surface area contributed by atoms with Crippen LogP contribution in [0.1, 0.15) is 25.7 Å². The monoisotopic (exact) mass is 216 g/mol. The Labute approximate surface area is 90.5 Å². The molecule has 0 aliphatic heterocycles. The predicted molar refractivity (Wildman–Crippen MR) is 63.1 cm³/mol. The Hall–Kier alpha value is -0.220. The lowest BCUT2D eigenvalue weighted by atomic mass is 10.4. The zero-order valence-electron chi connectivity index (χ0n) is 8.87. The molecular formula is C10H20N2OS. The van der Waals surface area contributed by atoms with Crippen LogP contribution in [0.25, 0.3) is 0 Å². The van der Waals surface area contributed by atoms with Crippen molar-refractivity contribution in [1.82, 2.24) is 0 Å². The molecule has 4 heteroatoms. The fourth-order valence-corrected chi connectivity index (χ4v) is 2.75. The summed E-state index contributed by atoms with van der Waals surface area (Å²) in [5, 5.41) is 0.825. The van der Waals surface area contributed by atoms with Gasteiger partial charge in [-0.25, -0.2) is 0 Å². The SMILES string of the molecule is COCCN=C(N)CSC1CCCC1. The molecule has 1 aliphatic rings. The maximum atomic E-state index is 5.77. The van der Waals surface area contributed by atoms with E-state index in [4.69, 9.17) is 10.5 Å². The summed E-state index contributed by atoms with van der Waals surface area (Å²) in [6.07, 6.45) is 5.49. The number of nitrogens with two attached hydrogens (primary N) is 1. The maximum absolute atomic E-state index is 5.77. The number of aliphatic imine (C=N–C) groups is 1. The molecule has 1 saturated carbocycles. The molecule has 1 fully saturated rings. The first-order chi connectivity index (χ1) is 6.83. The second-order valence-corrected chi connectivity index (χ2v) is 4.87. The summed E-state index contributed by atoms with van der Waals surface area (Å²) in [4.78, 5) is 4.22. The summed E-state index contributed by atoms with van der Waals surface area (Å²) in [5.74, 6) is 1.65. The van der Waals surface area contributed by atoms with E-state index in [0.29, 0.717) is 13.2 Å². The van der Waals surface area contributed by atoms with Gasteiger partial charge in [-0.1, -0.05) is 12.8 Å². The quantitative estimate of drug-likeness (QED) is 0.417. The topological polar surface area (TPSA) is 47.6 Å². The molecule has 3 nitrogen and oxygen atoms in total. The third kappa shape index (κ3) is 4.86. The molecule has 0 radical (unpaired) electrons. The van der Waals surface area contributed by atoms with Crippen molar-refractivity contribution < 1.29 is 4.74 Å². The van der Waals surface area contributed by atoms with E-state index in [9.17, 15) is 0 Å². The van der Waals surface area contributed by atoms with Gasteiger partial charge in [0.15, 0.2) is 0 Å². The number of methoxy groups -OCH3 is 1. The van der Waals surface area contributed by atoms with Gasteiger partial charge in [-0.3, -0.25) is 4.99 Å². The van der Waals surface area contributed by atoms with Gasteiger partial charge < -0.3 is 10.5 Å². The first-order valence-corrected chi connectivity index (χ1v) is 6.27. The minimum atomic E-state index is 0.662. The van der Waals surface area contributed by atoms with E-state index < -0.39 is 0 Å². The lowest BCUT2D eigenvalue weighted by Gasteiger charge is -2.07. The molecule has 0 heterocycles. The molecule has 0 saturated heterocycles. The highest BCUT2D eigenvalue weighted by Crippen LogP contribution is 2.28. The highest BCUT2D eigenvalue weighted by atomic mass is 32.2. The van der Waals surface area contributed by atoms with E-state index in [2.05, 4.69) is 4.99 Å². The van der Waals surface area contributed by atoms with Gasteiger partial charge in [-0.05, 0) is 12.8 Å². The van der Waals surface area contributed by atoms with Crippen LogP contribution in [0.3, 0.4) is 0 Å². The molecule has 0 atom stereocenters. The fourth-order valence-electron chi connectivity index (χ4n) is 1.58. The average Bonchev–Trinajstić information content (AvgIpc) is 2.68. The van der Waals surface area contributed by atoms with Crippen molar-refractivity contribution in [2.24, 2.45) is 10.7 Å². The second kappa shape index (κ2) is 7.12. The van der Waals surface area contributed by atoms with Crippen LogP contribution >= 0.6 is 11.8 Å². The van der Waals surface area contributed by atoms with Gasteiger partial charge in [-0.2, -0.15) is 11.8 Å². The van der Waals surface area contributed by atoms with E-state index >= 15 is 0 Å². The summed E-state index contributed by atoms with van der Waals surface area (Å²) >= 11 is 1.95. The molecule has 1 aliphatic carbocycles. The molecule has 2 N–H and O–H groups in total. The maximum Gasteiger partial charge on any atom is 0.104 e. The molecule has 0 aromatic rings. The minimum absolute atomic E-state index is 0.662. The number of hydrogen-bond acceptors (Lipinski definition) is 3. The molecule has 14 heavy (non-hydrogen) atoms. The molecule has 1 rings (SSSR count). The van der Waals surface area contributed by atoms with Gasteiger partial charge in [0.2, 0.25) is 0 Å². The summed E-state index contributed by atoms with van der Waals surface area (Å²) < 4.78 is 4.90. The number of hydrogen-bond donors (Lipinski definition) is 1. The van der Waals surface area contributed by atoms with Crippen molar-refractivity contribution in [3.05, 3.63) is 0 Å². The van der Waals surface area contributed by atoms with E-state index in [1.54, 1.807) is 7.11 Å². The normalized spacial score (nSPS) is 19.1. The van der Waals surface area contributed by atoms with Gasteiger partial charge in [0.25, 0.3) is 0 Å². The molecule has 0 amide bonds. The Morgan fingerprint density at radius 3 is 2.86 bits per heavy atom. The Morgan fingerprint density at radius 2 is 2.21 bits per heavy atom. The van der Waals surface area contributed by atoms with E-state index in [-0.39, 0.29) is 0 Å². The molecule has 82 valence electrons. The van der Waals surface area contributed by atoms with Crippen molar-refractivity contribution in [1.29, 1.82) is 0 Å².